The van der Waals surface area contributed by atoms with E-state index in [-0.39, 0.29) is 13.2 Å². The zero-order chi connectivity index (χ0) is 20.1. The summed E-state index contributed by atoms with van der Waals surface area (Å²) in [6.07, 6.45) is 25.2. The van der Waals surface area contributed by atoms with E-state index in [0.29, 0.717) is 17.6 Å². The van der Waals surface area contributed by atoms with Gasteiger partial charge in [0.2, 0.25) is 0 Å². The third-order valence-electron chi connectivity index (χ3n) is 5.87. The summed E-state index contributed by atoms with van der Waals surface area (Å²) in [5, 5.41) is 18.5. The minimum absolute atomic E-state index is 0.178. The average Bonchev–Trinajstić information content (AvgIpc) is 2.68. The topological polar surface area (TPSA) is 40.5 Å². The third-order valence-corrected chi connectivity index (χ3v) is 5.87. The number of likely N-dealkylation sites (N-methyl/N-ethyl adjacent to an activating group) is 1. The first kappa shape index (κ1) is 26.6. The fourth-order valence-corrected chi connectivity index (χ4v) is 3.84. The smallest absolute Gasteiger partial charge is 0.106 e. The molecular weight excluding hydrogens is 334 g/mol. The Balaban J connectivity index is 3.48. The van der Waals surface area contributed by atoms with Crippen LogP contribution in [0.1, 0.15) is 110 Å². The van der Waals surface area contributed by atoms with Crippen LogP contribution in [0.3, 0.4) is 0 Å². The number of allylic oxidation sites excluding steroid dienone is 1. The van der Waals surface area contributed by atoms with Gasteiger partial charge in [-0.15, -0.1) is 0 Å². The number of rotatable bonds is 21. The maximum Gasteiger partial charge on any atom is 0.106 e. The lowest BCUT2D eigenvalue weighted by atomic mass is 10.0. The number of nitrogens with zero attached hydrogens (tertiary/aromatic N) is 1. The molecule has 0 aromatic carbocycles. The Morgan fingerprint density at radius 1 is 0.593 bits per heavy atom. The number of aliphatic hydroxyl groups excluding tert-OH is 2. The molecule has 0 saturated carbocycles. The highest BCUT2D eigenvalue weighted by Gasteiger charge is 2.20. The van der Waals surface area contributed by atoms with Crippen molar-refractivity contribution < 1.29 is 14.7 Å². The highest BCUT2D eigenvalue weighted by Crippen LogP contribution is 2.14. The van der Waals surface area contributed by atoms with Crippen LogP contribution in [0.2, 0.25) is 0 Å². The molecule has 0 atom stereocenters. The van der Waals surface area contributed by atoms with Crippen molar-refractivity contribution in [2.75, 3.05) is 32.8 Å². The predicted molar refractivity (Wildman–Crippen MR) is 119 cm³/mol. The molecule has 0 aliphatic rings. The molecule has 2 N–H and O–H groups in total. The van der Waals surface area contributed by atoms with Crippen molar-refractivity contribution in [2.24, 2.45) is 0 Å². The van der Waals surface area contributed by atoms with Crippen LogP contribution in [0.4, 0.5) is 0 Å². The van der Waals surface area contributed by atoms with Gasteiger partial charge in [0.1, 0.15) is 13.1 Å². The van der Waals surface area contributed by atoms with Crippen molar-refractivity contribution >= 4 is 0 Å². The Kier molecular flexibility index (Phi) is 20.1. The SMILES string of the molecule is CCCCCCCCCCCCCCCC/C=C/[N+](CC)(CCO)CCO. The van der Waals surface area contributed by atoms with Gasteiger partial charge in [0.15, 0.2) is 0 Å². The summed E-state index contributed by atoms with van der Waals surface area (Å²) in [5.41, 5.74) is 0. The second kappa shape index (κ2) is 20.4. The van der Waals surface area contributed by atoms with Crippen molar-refractivity contribution in [3.8, 4) is 0 Å². The second-order valence-corrected chi connectivity index (χ2v) is 8.20. The van der Waals surface area contributed by atoms with Crippen molar-refractivity contribution in [1.82, 2.24) is 0 Å². The molecule has 0 aliphatic heterocycles. The molecule has 0 rings (SSSR count). The summed E-state index contributed by atoms with van der Waals surface area (Å²) in [7, 11) is 0. The largest absolute Gasteiger partial charge is 0.390 e. The molecule has 0 saturated heterocycles. The normalized spacial score (nSPS) is 12.3. The van der Waals surface area contributed by atoms with Crippen LogP contribution >= 0.6 is 0 Å². The second-order valence-electron chi connectivity index (χ2n) is 8.20. The number of hydrogen-bond donors (Lipinski definition) is 2. The van der Waals surface area contributed by atoms with Crippen LogP contribution < -0.4 is 0 Å². The van der Waals surface area contributed by atoms with Crippen LogP contribution in [0, 0.1) is 0 Å². The summed E-state index contributed by atoms with van der Waals surface area (Å²) in [6.45, 7) is 7.09. The molecule has 27 heavy (non-hydrogen) atoms. The van der Waals surface area contributed by atoms with E-state index in [1.807, 2.05) is 0 Å². The van der Waals surface area contributed by atoms with Crippen molar-refractivity contribution in [1.29, 1.82) is 0 Å². The van der Waals surface area contributed by atoms with Gasteiger partial charge in [-0.3, -0.25) is 4.48 Å². The summed E-state index contributed by atoms with van der Waals surface area (Å²) in [4.78, 5) is 0. The molecule has 0 unspecified atom stereocenters. The van der Waals surface area contributed by atoms with E-state index in [0.717, 1.165) is 13.0 Å². The van der Waals surface area contributed by atoms with Gasteiger partial charge in [0.25, 0.3) is 0 Å². The Labute approximate surface area is 170 Å². The van der Waals surface area contributed by atoms with Gasteiger partial charge in [0, 0.05) is 0 Å². The molecule has 0 bridgehead atoms. The van der Waals surface area contributed by atoms with Gasteiger partial charge in [-0.25, -0.2) is 0 Å². The molecule has 0 amide bonds. The van der Waals surface area contributed by atoms with Crippen LogP contribution in [0.15, 0.2) is 12.3 Å². The Hall–Kier alpha value is -0.380. The Morgan fingerprint density at radius 2 is 1.00 bits per heavy atom. The molecule has 3 heteroatoms. The molecule has 0 aliphatic carbocycles. The molecule has 162 valence electrons. The van der Waals surface area contributed by atoms with Crippen LogP contribution in [0.25, 0.3) is 0 Å². The van der Waals surface area contributed by atoms with Gasteiger partial charge < -0.3 is 10.2 Å². The Bertz CT molecular complexity index is 312. The van der Waals surface area contributed by atoms with Crippen LogP contribution in [-0.4, -0.2) is 47.5 Å². The highest BCUT2D eigenvalue weighted by atomic mass is 16.3. The monoisotopic (exact) mass is 384 g/mol. The van der Waals surface area contributed by atoms with E-state index in [9.17, 15) is 10.2 Å². The van der Waals surface area contributed by atoms with Gasteiger partial charge in [-0.2, -0.15) is 0 Å². The average molecular weight is 385 g/mol. The predicted octanol–water partition coefficient (Wildman–Crippen LogP) is 6.19. The van der Waals surface area contributed by atoms with E-state index < -0.39 is 0 Å². The zero-order valence-electron chi connectivity index (χ0n) is 18.6. The van der Waals surface area contributed by atoms with Gasteiger partial charge in [-0.1, -0.05) is 90.4 Å². The fraction of sp³-hybridized carbons (Fsp3) is 0.917. The van der Waals surface area contributed by atoms with Crippen molar-refractivity contribution in [3.63, 3.8) is 0 Å². The number of aliphatic hydroxyl groups is 2. The molecule has 0 radical (unpaired) electrons. The van der Waals surface area contributed by atoms with Gasteiger partial charge in [-0.05, 0) is 25.8 Å². The molecule has 0 heterocycles. The summed E-state index contributed by atoms with van der Waals surface area (Å²) in [6, 6.07) is 0. The highest BCUT2D eigenvalue weighted by molar-refractivity contribution is 4.75. The van der Waals surface area contributed by atoms with E-state index in [4.69, 9.17) is 0 Å². The summed E-state index contributed by atoms with van der Waals surface area (Å²) < 4.78 is 0.700. The molecule has 3 nitrogen and oxygen atoms in total. The van der Waals surface area contributed by atoms with E-state index in [1.165, 1.54) is 89.9 Å². The summed E-state index contributed by atoms with van der Waals surface area (Å²) >= 11 is 0. The lowest BCUT2D eigenvalue weighted by molar-refractivity contribution is -0.878. The Morgan fingerprint density at radius 3 is 1.37 bits per heavy atom. The van der Waals surface area contributed by atoms with E-state index in [1.54, 1.807) is 0 Å². The molecule has 0 aromatic heterocycles. The van der Waals surface area contributed by atoms with E-state index >= 15 is 0 Å². The lowest BCUT2D eigenvalue weighted by Gasteiger charge is -2.32. The maximum absolute atomic E-state index is 9.26. The third kappa shape index (κ3) is 16.3. The quantitative estimate of drug-likeness (QED) is 0.183. The van der Waals surface area contributed by atoms with Crippen molar-refractivity contribution in [2.45, 2.75) is 110 Å². The number of hydrogen-bond acceptors (Lipinski definition) is 2. The molecule has 0 aromatic rings. The fourth-order valence-electron chi connectivity index (χ4n) is 3.84. The molecule has 0 spiro atoms. The number of quaternary nitrogens is 1. The minimum Gasteiger partial charge on any atom is -0.390 e. The van der Waals surface area contributed by atoms with Gasteiger partial charge >= 0.3 is 0 Å². The molecule has 0 fully saturated rings. The maximum atomic E-state index is 9.26. The number of unbranched alkanes of at least 4 members (excludes halogenated alkanes) is 14. The van der Waals surface area contributed by atoms with Crippen LogP contribution in [-0.2, 0) is 0 Å². The first-order valence-corrected chi connectivity index (χ1v) is 12.0. The lowest BCUT2D eigenvalue weighted by Crippen LogP contribution is -2.46. The van der Waals surface area contributed by atoms with Crippen LogP contribution in [0.5, 0.6) is 0 Å². The summed E-state index contributed by atoms with van der Waals surface area (Å²) in [5.74, 6) is 0. The van der Waals surface area contributed by atoms with E-state index in [2.05, 4.69) is 26.1 Å². The zero-order valence-corrected chi connectivity index (χ0v) is 18.6. The first-order chi connectivity index (χ1) is 13.2. The van der Waals surface area contributed by atoms with Gasteiger partial charge in [0.05, 0.1) is 26.0 Å². The molecular formula is C24H50NO2+. The van der Waals surface area contributed by atoms with Crippen molar-refractivity contribution in [3.05, 3.63) is 12.3 Å². The first-order valence-electron chi connectivity index (χ1n) is 12.0. The standard InChI is InChI=1S/C24H50NO2/c1-3-5-6-7-8-9-10-11-12-13-14-15-16-17-18-19-20-25(4-2,21-23-26)22-24-27/h19-20,26-27H,3-18,21-24H2,1-2H3/q+1/b20-19+. The minimum atomic E-state index is 0.178.